The second kappa shape index (κ2) is 72.7. The van der Waals surface area contributed by atoms with Crippen molar-refractivity contribution in [3.8, 4) is 0 Å². The van der Waals surface area contributed by atoms with Gasteiger partial charge in [-0.05, 0) is 116 Å². The molecule has 17 atom stereocenters. The van der Waals surface area contributed by atoms with Gasteiger partial charge in [-0.15, -0.1) is 0 Å². The van der Waals surface area contributed by atoms with Crippen LogP contribution < -0.4 is 5.32 Å². The molecule has 0 radical (unpaired) electrons. The number of hydrogen-bond acceptors (Lipinski definition) is 18. The fourth-order valence-electron chi connectivity index (χ4n) is 14.2. The molecule has 0 bridgehead atoms. The Bertz CT molecular complexity index is 2630. The molecular weight excluding hydrogens is 1440 g/mol. The quantitative estimate of drug-likeness (QED) is 0.0199. The molecule has 3 rings (SSSR count). The van der Waals surface area contributed by atoms with Gasteiger partial charge in [0.05, 0.1) is 38.6 Å². The largest absolute Gasteiger partial charge is 0.394 e. The molecule has 3 heterocycles. The van der Waals surface area contributed by atoms with Crippen molar-refractivity contribution in [1.82, 2.24) is 5.32 Å². The van der Waals surface area contributed by atoms with Gasteiger partial charge in [-0.25, -0.2) is 0 Å². The Kier molecular flexibility index (Phi) is 66.2. The summed E-state index contributed by atoms with van der Waals surface area (Å²) in [5.74, 6) is -0.299. The van der Waals surface area contributed by atoms with Gasteiger partial charge in [0.25, 0.3) is 0 Å². The minimum atomic E-state index is -1.99. The van der Waals surface area contributed by atoms with E-state index in [4.69, 9.17) is 28.4 Å². The molecule has 19 nitrogen and oxygen atoms in total. The van der Waals surface area contributed by atoms with Gasteiger partial charge >= 0.3 is 0 Å². The Labute approximate surface area is 689 Å². The van der Waals surface area contributed by atoms with Crippen molar-refractivity contribution in [2.75, 3.05) is 26.4 Å². The van der Waals surface area contributed by atoms with Crippen molar-refractivity contribution in [3.05, 3.63) is 146 Å². The van der Waals surface area contributed by atoms with Crippen LogP contribution in [0.1, 0.15) is 316 Å². The number of aliphatic hydroxyl groups is 11. The Balaban J connectivity index is 1.36. The van der Waals surface area contributed by atoms with Gasteiger partial charge in [-0.3, -0.25) is 4.79 Å². The maximum atomic E-state index is 13.5. The van der Waals surface area contributed by atoms with E-state index < -0.39 is 124 Å². The summed E-state index contributed by atoms with van der Waals surface area (Å²) in [7, 11) is 0. The summed E-state index contributed by atoms with van der Waals surface area (Å²) in [6.07, 6.45) is 79.9. The third-order valence-corrected chi connectivity index (χ3v) is 21.3. The zero-order valence-electron chi connectivity index (χ0n) is 70.5. The Morgan fingerprint density at radius 1 is 0.325 bits per heavy atom. The predicted octanol–water partition coefficient (Wildman–Crippen LogP) is 17.3. The summed E-state index contributed by atoms with van der Waals surface area (Å²) in [4.78, 5) is 13.5. The van der Waals surface area contributed by atoms with Crippen molar-refractivity contribution >= 4 is 5.91 Å². The molecule has 3 aliphatic rings. The van der Waals surface area contributed by atoms with Crippen LogP contribution in [-0.4, -0.2) is 193 Å². The van der Waals surface area contributed by atoms with Crippen molar-refractivity contribution in [2.45, 2.75) is 420 Å². The molecule has 3 fully saturated rings. The number of rotatable bonds is 71. The van der Waals surface area contributed by atoms with Crippen molar-refractivity contribution < 1.29 is 89.4 Å². The van der Waals surface area contributed by atoms with Crippen LogP contribution in [0.15, 0.2) is 146 Å². The molecule has 19 heteroatoms. The summed E-state index contributed by atoms with van der Waals surface area (Å²) in [5.41, 5.74) is 0. The van der Waals surface area contributed by atoms with Crippen molar-refractivity contribution in [2.24, 2.45) is 0 Å². The summed E-state index contributed by atoms with van der Waals surface area (Å²) in [5, 5.41) is 121. The molecule has 12 N–H and O–H groups in total. The molecule has 654 valence electrons. The van der Waals surface area contributed by atoms with Crippen LogP contribution in [0.5, 0.6) is 0 Å². The predicted molar refractivity (Wildman–Crippen MR) is 461 cm³/mol. The van der Waals surface area contributed by atoms with Crippen LogP contribution >= 0.6 is 0 Å². The van der Waals surface area contributed by atoms with E-state index in [1.54, 1.807) is 6.08 Å². The zero-order valence-corrected chi connectivity index (χ0v) is 70.5. The monoisotopic (exact) mass is 1600 g/mol. The number of ether oxygens (including phenoxy) is 6. The molecule has 0 aromatic carbocycles. The molecule has 17 unspecified atom stereocenters. The standard InChI is InChI=1S/C95H161NO18/c1-3-5-7-9-11-13-15-17-19-21-23-25-27-29-31-33-35-37-38-39-40-41-43-45-47-49-51-53-55-57-59-61-63-65-67-69-71-73-83(101)96-78(79(100)72-70-68-66-64-62-60-58-56-54-52-50-48-46-44-42-36-34-32-30-28-26-24-22-20-18-16-14-12-10-8-6-4-2)77-109-93-89(107)86(104)91(81(75-98)111-93)114-95-90(108)87(105)92(82(76-99)112-95)113-94-88(106)85(103)84(102)80(74-97)110-94/h5,7,11,13,17,19,23,25,29,31,35,37,39-40,43,45,49,51,54,56,62,64,70,72,78-82,84-95,97-100,102-108H,3-4,6,8-10,12,14-16,18,20-22,24,26-28,30,32-34,36,38,41-42,44,46-48,50,52-53,55,57-61,63,65-69,71,73-77H2,1-2H3,(H,96,101)/b7-5-,13-11-,19-17-,25-23-,31-29-,37-35-,40-39-,45-43-,51-49-,56-54+,64-62+,72-70+. The Morgan fingerprint density at radius 2 is 0.614 bits per heavy atom. The Hall–Kier alpha value is -4.33. The third kappa shape index (κ3) is 50.6. The molecule has 0 saturated carbocycles. The molecule has 0 aromatic heterocycles. The van der Waals surface area contributed by atoms with Gasteiger partial charge in [0.15, 0.2) is 18.9 Å². The van der Waals surface area contributed by atoms with E-state index >= 15 is 0 Å². The zero-order chi connectivity index (χ0) is 82.4. The topological polar surface area (TPSA) is 307 Å². The van der Waals surface area contributed by atoms with Crippen LogP contribution in [0, 0.1) is 0 Å². The van der Waals surface area contributed by atoms with Crippen molar-refractivity contribution in [3.63, 3.8) is 0 Å². The first-order valence-corrected chi connectivity index (χ1v) is 45.1. The number of unbranched alkanes of at least 4 members (excludes halogenated alkanes) is 33. The smallest absolute Gasteiger partial charge is 0.220 e. The first-order valence-electron chi connectivity index (χ1n) is 45.1. The van der Waals surface area contributed by atoms with E-state index in [0.717, 1.165) is 116 Å². The molecule has 0 aliphatic carbocycles. The lowest BCUT2D eigenvalue weighted by atomic mass is 9.96. The minimum Gasteiger partial charge on any atom is -0.394 e. The van der Waals surface area contributed by atoms with E-state index in [2.05, 4.69) is 153 Å². The maximum Gasteiger partial charge on any atom is 0.220 e. The first kappa shape index (κ1) is 104. The SMILES string of the molecule is CC/C=C\C/C=C\C/C=C\C/C=C\C/C=C\C/C=C\C/C=C\C/C=C\C/C=C\CCCCCCCCCCCC(=O)NC(COC1OC(CO)C(OC2OC(CO)C(OC3OC(CO)C(O)C(O)C3O)C(O)C2O)C(O)C1O)C(O)/C=C/CC/C=C/CC/C=C/CCCCCCCCCCCCCCCCCCCCCCCC. The van der Waals surface area contributed by atoms with Gasteiger partial charge in [-0.2, -0.15) is 0 Å². The number of hydrogen-bond donors (Lipinski definition) is 12. The molecule has 0 aromatic rings. The number of carbonyl (C=O) groups excluding carboxylic acids is 1. The summed E-state index contributed by atoms with van der Waals surface area (Å²) in [6, 6.07) is -1.01. The summed E-state index contributed by atoms with van der Waals surface area (Å²) in [6.45, 7) is 1.61. The number of amides is 1. The maximum absolute atomic E-state index is 13.5. The third-order valence-electron chi connectivity index (χ3n) is 21.3. The van der Waals surface area contributed by atoms with E-state index in [1.807, 2.05) is 6.08 Å². The molecular formula is C95H161NO18. The summed E-state index contributed by atoms with van der Waals surface area (Å²) >= 11 is 0. The molecule has 1 amide bonds. The van der Waals surface area contributed by atoms with Gasteiger partial charge in [0, 0.05) is 6.42 Å². The molecule has 3 saturated heterocycles. The van der Waals surface area contributed by atoms with E-state index in [1.165, 1.54) is 167 Å². The number of allylic oxidation sites excluding steroid dienone is 23. The highest BCUT2D eigenvalue weighted by molar-refractivity contribution is 5.76. The van der Waals surface area contributed by atoms with Crippen LogP contribution in [0.4, 0.5) is 0 Å². The molecule has 0 spiro atoms. The van der Waals surface area contributed by atoms with E-state index in [9.17, 15) is 61.0 Å². The molecule has 3 aliphatic heterocycles. The lowest BCUT2D eigenvalue weighted by Crippen LogP contribution is -2.66. The van der Waals surface area contributed by atoms with Gasteiger partial charge in [-0.1, -0.05) is 339 Å². The van der Waals surface area contributed by atoms with Gasteiger partial charge in [0.2, 0.25) is 5.91 Å². The van der Waals surface area contributed by atoms with E-state index in [0.29, 0.717) is 12.8 Å². The second-order valence-corrected chi connectivity index (χ2v) is 31.3. The van der Waals surface area contributed by atoms with Crippen LogP contribution in [-0.2, 0) is 33.2 Å². The highest BCUT2D eigenvalue weighted by Crippen LogP contribution is 2.33. The first-order chi connectivity index (χ1) is 55.8. The Morgan fingerprint density at radius 3 is 0.982 bits per heavy atom. The minimum absolute atomic E-state index is 0.215. The molecule has 114 heavy (non-hydrogen) atoms. The highest BCUT2D eigenvalue weighted by Gasteiger charge is 2.54. The van der Waals surface area contributed by atoms with Crippen molar-refractivity contribution in [1.29, 1.82) is 0 Å². The normalized spacial score (nSPS) is 25.4. The lowest BCUT2D eigenvalue weighted by molar-refractivity contribution is -0.379. The van der Waals surface area contributed by atoms with Crippen LogP contribution in [0.25, 0.3) is 0 Å². The lowest BCUT2D eigenvalue weighted by Gasteiger charge is -2.48. The number of nitrogens with one attached hydrogen (secondary N) is 1. The van der Waals surface area contributed by atoms with E-state index in [-0.39, 0.29) is 18.9 Å². The number of carbonyl (C=O) groups is 1. The average molecular weight is 1610 g/mol. The fraction of sp³-hybridized carbons (Fsp3) is 0.737. The van der Waals surface area contributed by atoms with Crippen LogP contribution in [0.3, 0.4) is 0 Å². The average Bonchev–Trinajstić information content (AvgIpc) is 0.777. The number of aliphatic hydroxyl groups excluding tert-OH is 11. The van der Waals surface area contributed by atoms with Gasteiger partial charge < -0.3 is 89.9 Å². The highest BCUT2D eigenvalue weighted by atomic mass is 16.8. The fourth-order valence-corrected chi connectivity index (χ4v) is 14.2. The van der Waals surface area contributed by atoms with Gasteiger partial charge in [0.1, 0.15) is 73.2 Å². The second-order valence-electron chi connectivity index (χ2n) is 31.3. The summed E-state index contributed by atoms with van der Waals surface area (Å²) < 4.78 is 34.5. The van der Waals surface area contributed by atoms with Crippen LogP contribution in [0.2, 0.25) is 0 Å².